The van der Waals surface area contributed by atoms with Crippen LogP contribution in [-0.4, -0.2) is 50.3 Å². The van der Waals surface area contributed by atoms with Gasteiger partial charge in [-0.3, -0.25) is 4.79 Å². The van der Waals surface area contributed by atoms with Crippen molar-refractivity contribution in [2.75, 3.05) is 19.7 Å². The van der Waals surface area contributed by atoms with E-state index in [1.165, 1.54) is 23.4 Å². The lowest BCUT2D eigenvalue weighted by Gasteiger charge is -2.34. The fraction of sp³-hybridized carbons (Fsp3) is 0.556. The molecule has 27 heavy (non-hydrogen) atoms. The Kier molecular flexibility index (Phi) is 7.32. The summed E-state index contributed by atoms with van der Waals surface area (Å²) in [6.45, 7) is 3.77. The summed E-state index contributed by atoms with van der Waals surface area (Å²) in [7, 11) is -3.76. The third-order valence-corrected chi connectivity index (χ3v) is 6.48. The van der Waals surface area contributed by atoms with Crippen molar-refractivity contribution in [2.24, 2.45) is 0 Å². The first-order chi connectivity index (χ1) is 12.8. The van der Waals surface area contributed by atoms with Crippen LogP contribution in [0.3, 0.4) is 0 Å². The molecule has 0 bridgehead atoms. The summed E-state index contributed by atoms with van der Waals surface area (Å²) >= 11 is 0. The van der Waals surface area contributed by atoms with Crippen molar-refractivity contribution >= 4 is 21.9 Å². The second-order valence-electron chi connectivity index (χ2n) is 6.44. The van der Waals surface area contributed by atoms with Crippen LogP contribution in [0.2, 0.25) is 0 Å². The molecule has 0 aliphatic carbocycles. The van der Waals surface area contributed by atoms with Crippen molar-refractivity contribution in [3.8, 4) is 0 Å². The Bertz CT molecular complexity index is 797. The van der Waals surface area contributed by atoms with Gasteiger partial charge < -0.3 is 10.1 Å². The molecule has 150 valence electrons. The highest BCUT2D eigenvalue weighted by molar-refractivity contribution is 7.89. The molecule has 0 radical (unpaired) electrons. The fourth-order valence-corrected chi connectivity index (χ4v) is 4.92. The van der Waals surface area contributed by atoms with E-state index in [2.05, 4.69) is 10.1 Å². The van der Waals surface area contributed by atoms with Gasteiger partial charge in [0.15, 0.2) is 0 Å². The molecule has 1 fully saturated rings. The normalized spacial score (nSPS) is 18.1. The number of halogens is 1. The number of hydrogen-bond donors (Lipinski definition) is 1. The number of benzene rings is 1. The number of carbonyl (C=O) groups is 2. The molecular formula is C18H25FN2O5S. The Morgan fingerprint density at radius 1 is 1.33 bits per heavy atom. The van der Waals surface area contributed by atoms with Crippen LogP contribution in [0, 0.1) is 12.7 Å². The molecule has 0 saturated carbocycles. The van der Waals surface area contributed by atoms with Crippen molar-refractivity contribution in [3.05, 3.63) is 29.6 Å². The van der Waals surface area contributed by atoms with Gasteiger partial charge in [0.05, 0.1) is 11.5 Å². The topological polar surface area (TPSA) is 92.8 Å². The third-order valence-electron chi connectivity index (χ3n) is 4.53. The van der Waals surface area contributed by atoms with Gasteiger partial charge in [-0.2, -0.15) is 4.31 Å². The first-order valence-electron chi connectivity index (χ1n) is 9.00. The highest BCUT2D eigenvalue weighted by Gasteiger charge is 2.33. The number of carbonyl (C=O) groups excluding carboxylic acids is 2. The van der Waals surface area contributed by atoms with E-state index < -0.39 is 27.7 Å². The van der Waals surface area contributed by atoms with Gasteiger partial charge >= 0.3 is 11.9 Å². The van der Waals surface area contributed by atoms with Crippen LogP contribution < -0.4 is 5.32 Å². The van der Waals surface area contributed by atoms with E-state index in [4.69, 9.17) is 0 Å². The zero-order valence-corrected chi connectivity index (χ0v) is 16.4. The van der Waals surface area contributed by atoms with Crippen molar-refractivity contribution < 1.29 is 27.1 Å². The molecule has 1 aliphatic rings. The number of sulfonamides is 1. The van der Waals surface area contributed by atoms with Crippen molar-refractivity contribution in [3.63, 3.8) is 0 Å². The summed E-state index contributed by atoms with van der Waals surface area (Å²) in [6.07, 6.45) is 2.66. The van der Waals surface area contributed by atoms with Gasteiger partial charge in [-0.05, 0) is 56.9 Å². The number of hydrogen-bond acceptors (Lipinski definition) is 5. The average molecular weight is 400 g/mol. The SMILES string of the molecule is CCOC(=O)C(=O)NCC[C@H]1CCCCN1S(=O)(=O)c1ccc(F)c(C)c1. The predicted octanol–water partition coefficient (Wildman–Crippen LogP) is 1.75. The molecule has 1 amide bonds. The molecule has 1 N–H and O–H groups in total. The summed E-state index contributed by atoms with van der Waals surface area (Å²) in [5.74, 6) is -2.24. The minimum absolute atomic E-state index is 0.0591. The number of nitrogens with one attached hydrogen (secondary N) is 1. The number of nitrogens with zero attached hydrogens (tertiary/aromatic N) is 1. The van der Waals surface area contributed by atoms with E-state index in [9.17, 15) is 22.4 Å². The Morgan fingerprint density at radius 2 is 2.07 bits per heavy atom. The van der Waals surface area contributed by atoms with Crippen LogP contribution in [-0.2, 0) is 24.3 Å². The number of ether oxygens (including phenoxy) is 1. The average Bonchev–Trinajstić information content (AvgIpc) is 2.64. The minimum Gasteiger partial charge on any atom is -0.459 e. The predicted molar refractivity (Wildman–Crippen MR) is 96.9 cm³/mol. The zero-order valence-electron chi connectivity index (χ0n) is 15.5. The monoisotopic (exact) mass is 400 g/mol. The van der Waals surface area contributed by atoms with Crippen molar-refractivity contribution in [1.82, 2.24) is 9.62 Å². The van der Waals surface area contributed by atoms with E-state index >= 15 is 0 Å². The van der Waals surface area contributed by atoms with Crippen LogP contribution in [0.5, 0.6) is 0 Å². The molecule has 0 unspecified atom stereocenters. The van der Waals surface area contributed by atoms with Gasteiger partial charge in [0, 0.05) is 19.1 Å². The first-order valence-corrected chi connectivity index (χ1v) is 10.4. The number of esters is 1. The van der Waals surface area contributed by atoms with Crippen molar-refractivity contribution in [2.45, 2.75) is 50.5 Å². The molecule has 1 aliphatic heterocycles. The number of amides is 1. The van der Waals surface area contributed by atoms with Gasteiger partial charge in [0.1, 0.15) is 5.82 Å². The summed E-state index contributed by atoms with van der Waals surface area (Å²) in [5, 5.41) is 2.46. The molecule has 9 heteroatoms. The summed E-state index contributed by atoms with van der Waals surface area (Å²) in [4.78, 5) is 23.0. The maximum Gasteiger partial charge on any atom is 0.396 e. The van der Waals surface area contributed by atoms with Crippen molar-refractivity contribution in [1.29, 1.82) is 0 Å². The molecule has 1 saturated heterocycles. The standard InChI is InChI=1S/C18H25FN2O5S/c1-3-26-18(23)17(22)20-10-9-14-6-4-5-11-21(14)27(24,25)15-7-8-16(19)13(2)12-15/h7-8,12,14H,3-6,9-11H2,1-2H3,(H,20,22)/t14-/m1/s1. The van der Waals surface area contributed by atoms with Crippen LogP contribution in [0.25, 0.3) is 0 Å². The van der Waals surface area contributed by atoms with Gasteiger partial charge in [0.2, 0.25) is 10.0 Å². The molecule has 7 nitrogen and oxygen atoms in total. The summed E-state index contributed by atoms with van der Waals surface area (Å²) in [6, 6.07) is 3.46. The highest BCUT2D eigenvalue weighted by atomic mass is 32.2. The molecule has 1 atom stereocenters. The minimum atomic E-state index is -3.76. The second kappa shape index (κ2) is 9.27. The van der Waals surface area contributed by atoms with Crippen LogP contribution in [0.15, 0.2) is 23.1 Å². The summed E-state index contributed by atoms with van der Waals surface area (Å²) < 4.78 is 45.5. The quantitative estimate of drug-likeness (QED) is 0.580. The molecule has 2 rings (SSSR count). The molecule has 1 aromatic carbocycles. The van der Waals surface area contributed by atoms with E-state index in [0.717, 1.165) is 18.9 Å². The highest BCUT2D eigenvalue weighted by Crippen LogP contribution is 2.27. The molecule has 0 aromatic heterocycles. The largest absolute Gasteiger partial charge is 0.459 e. The maximum atomic E-state index is 13.5. The van der Waals surface area contributed by atoms with E-state index in [-0.39, 0.29) is 29.7 Å². The van der Waals surface area contributed by atoms with E-state index in [1.807, 2.05) is 0 Å². The Balaban J connectivity index is 2.06. The van der Waals surface area contributed by atoms with Gasteiger partial charge in [-0.1, -0.05) is 6.42 Å². The Labute approximate surface area is 158 Å². The van der Waals surface area contributed by atoms with Crippen LogP contribution >= 0.6 is 0 Å². The first kappa shape index (κ1) is 21.3. The molecule has 1 aromatic rings. The van der Waals surface area contributed by atoms with Gasteiger partial charge in [-0.15, -0.1) is 0 Å². The van der Waals surface area contributed by atoms with E-state index in [0.29, 0.717) is 19.4 Å². The lowest BCUT2D eigenvalue weighted by Crippen LogP contribution is -2.45. The van der Waals surface area contributed by atoms with E-state index in [1.54, 1.807) is 6.92 Å². The molecular weight excluding hydrogens is 375 g/mol. The van der Waals surface area contributed by atoms with Crippen LogP contribution in [0.1, 0.15) is 38.2 Å². The maximum absolute atomic E-state index is 13.5. The van der Waals surface area contributed by atoms with Crippen LogP contribution in [0.4, 0.5) is 4.39 Å². The second-order valence-corrected chi connectivity index (χ2v) is 8.33. The smallest absolute Gasteiger partial charge is 0.396 e. The fourth-order valence-electron chi connectivity index (χ4n) is 3.11. The zero-order chi connectivity index (χ0) is 20.0. The third kappa shape index (κ3) is 5.26. The Hall–Kier alpha value is -2.00. The summed E-state index contributed by atoms with van der Waals surface area (Å²) in [5.41, 5.74) is 0.270. The molecule has 0 spiro atoms. The number of piperidine rings is 1. The lowest BCUT2D eigenvalue weighted by atomic mass is 10.0. The molecule has 1 heterocycles. The Morgan fingerprint density at radius 3 is 2.74 bits per heavy atom. The lowest BCUT2D eigenvalue weighted by molar-refractivity contribution is -0.154. The van der Waals surface area contributed by atoms with Gasteiger partial charge in [-0.25, -0.2) is 17.6 Å². The number of rotatable bonds is 6. The number of aryl methyl sites for hydroxylation is 1. The van der Waals surface area contributed by atoms with Gasteiger partial charge in [0.25, 0.3) is 0 Å².